The maximum absolute atomic E-state index is 12.3. The number of nitrogens with zero attached hydrogens (tertiary/aromatic N) is 4. The van der Waals surface area contributed by atoms with E-state index in [1.807, 2.05) is 42.7 Å². The normalized spacial score (nSPS) is 10.7. The van der Waals surface area contributed by atoms with E-state index in [0.29, 0.717) is 23.2 Å². The van der Waals surface area contributed by atoms with Crippen LogP contribution in [-0.4, -0.2) is 31.3 Å². The van der Waals surface area contributed by atoms with E-state index in [4.69, 9.17) is 16.3 Å². The molecule has 0 bridgehead atoms. The Bertz CT molecular complexity index is 1100. The average molecular weight is 462 g/mol. The van der Waals surface area contributed by atoms with Gasteiger partial charge in [-0.3, -0.25) is 14.9 Å². The Hall–Kier alpha value is -3.11. The molecule has 2 aromatic carbocycles. The standard InChI is InChI=1S/C20H20ClN5O4S/c1-3-25-18(11-30-15-6-4-5-13(2)9-15)23-24-20(25)31-12-19(27)22-14-7-8-16(21)17(10-14)26(28)29/h4-10H,3,11-12H2,1-2H3,(H,22,27). The Kier molecular flexibility index (Phi) is 7.48. The van der Waals surface area contributed by atoms with Crippen LogP contribution in [-0.2, 0) is 17.9 Å². The van der Waals surface area contributed by atoms with Crippen molar-refractivity contribution in [3.05, 3.63) is 69.0 Å². The predicted octanol–water partition coefficient (Wildman–Crippen LogP) is 4.48. The maximum atomic E-state index is 12.3. The molecule has 0 unspecified atom stereocenters. The fraction of sp³-hybridized carbons (Fsp3) is 0.250. The van der Waals surface area contributed by atoms with Gasteiger partial charge in [0.15, 0.2) is 11.0 Å². The summed E-state index contributed by atoms with van der Waals surface area (Å²) >= 11 is 7.01. The van der Waals surface area contributed by atoms with Crippen LogP contribution in [0.5, 0.6) is 5.75 Å². The van der Waals surface area contributed by atoms with Crippen molar-refractivity contribution in [3.8, 4) is 5.75 Å². The fourth-order valence-corrected chi connectivity index (χ4v) is 3.77. The van der Waals surface area contributed by atoms with Crippen molar-refractivity contribution >= 4 is 40.6 Å². The van der Waals surface area contributed by atoms with E-state index >= 15 is 0 Å². The van der Waals surface area contributed by atoms with Crippen molar-refractivity contribution in [3.63, 3.8) is 0 Å². The second-order valence-corrected chi connectivity index (χ2v) is 7.86. The smallest absolute Gasteiger partial charge is 0.289 e. The number of nitro groups is 1. The lowest BCUT2D eigenvalue weighted by molar-refractivity contribution is -0.384. The number of hydrogen-bond donors (Lipinski definition) is 1. The molecule has 9 nitrogen and oxygen atoms in total. The number of carbonyl (C=O) groups is 1. The molecule has 3 rings (SSSR count). The molecule has 0 saturated heterocycles. The largest absolute Gasteiger partial charge is 0.486 e. The van der Waals surface area contributed by atoms with E-state index in [-0.39, 0.29) is 29.0 Å². The van der Waals surface area contributed by atoms with E-state index in [1.54, 1.807) is 0 Å². The van der Waals surface area contributed by atoms with E-state index in [1.165, 1.54) is 30.0 Å². The summed E-state index contributed by atoms with van der Waals surface area (Å²) in [6.45, 7) is 4.82. The van der Waals surface area contributed by atoms with Gasteiger partial charge in [-0.25, -0.2) is 0 Å². The van der Waals surface area contributed by atoms with Gasteiger partial charge in [0, 0.05) is 18.3 Å². The summed E-state index contributed by atoms with van der Waals surface area (Å²) in [4.78, 5) is 22.7. The molecule has 1 aromatic heterocycles. The molecule has 0 fully saturated rings. The van der Waals surface area contributed by atoms with Crippen LogP contribution in [0.2, 0.25) is 5.02 Å². The van der Waals surface area contributed by atoms with Crippen molar-refractivity contribution < 1.29 is 14.5 Å². The van der Waals surface area contributed by atoms with Crippen LogP contribution in [0.25, 0.3) is 0 Å². The topological polar surface area (TPSA) is 112 Å². The van der Waals surface area contributed by atoms with Crippen LogP contribution < -0.4 is 10.1 Å². The summed E-state index contributed by atoms with van der Waals surface area (Å²) in [5, 5.41) is 22.5. The van der Waals surface area contributed by atoms with Gasteiger partial charge in [0.2, 0.25) is 5.91 Å². The van der Waals surface area contributed by atoms with Crippen molar-refractivity contribution in [1.82, 2.24) is 14.8 Å². The van der Waals surface area contributed by atoms with E-state index in [2.05, 4.69) is 15.5 Å². The molecular weight excluding hydrogens is 442 g/mol. The number of aromatic nitrogens is 3. The molecular formula is C20H20ClN5O4S. The number of aryl methyl sites for hydroxylation is 1. The number of benzene rings is 2. The van der Waals surface area contributed by atoms with Crippen LogP contribution in [0, 0.1) is 17.0 Å². The van der Waals surface area contributed by atoms with Gasteiger partial charge in [0.25, 0.3) is 5.69 Å². The first-order valence-corrected chi connectivity index (χ1v) is 10.7. The Morgan fingerprint density at radius 1 is 1.29 bits per heavy atom. The average Bonchev–Trinajstić information content (AvgIpc) is 3.14. The van der Waals surface area contributed by atoms with Crippen molar-refractivity contribution in [2.24, 2.45) is 0 Å². The summed E-state index contributed by atoms with van der Waals surface area (Å²) in [6, 6.07) is 11.8. The van der Waals surface area contributed by atoms with Crippen molar-refractivity contribution in [1.29, 1.82) is 0 Å². The number of halogens is 1. The van der Waals surface area contributed by atoms with Gasteiger partial charge in [0.05, 0.1) is 10.7 Å². The predicted molar refractivity (Wildman–Crippen MR) is 119 cm³/mol. The molecule has 3 aromatic rings. The Balaban J connectivity index is 1.59. The van der Waals surface area contributed by atoms with Crippen LogP contribution >= 0.6 is 23.4 Å². The zero-order chi connectivity index (χ0) is 22.4. The number of amides is 1. The molecule has 0 aliphatic heterocycles. The first kappa shape index (κ1) is 22.6. The van der Waals surface area contributed by atoms with Crippen LogP contribution in [0.1, 0.15) is 18.3 Å². The first-order chi connectivity index (χ1) is 14.9. The highest BCUT2D eigenvalue weighted by Crippen LogP contribution is 2.27. The number of thioether (sulfide) groups is 1. The summed E-state index contributed by atoms with van der Waals surface area (Å²) in [5.74, 6) is 1.13. The van der Waals surface area contributed by atoms with E-state index in [0.717, 1.165) is 11.3 Å². The van der Waals surface area contributed by atoms with Crippen LogP contribution in [0.4, 0.5) is 11.4 Å². The van der Waals surface area contributed by atoms with Gasteiger partial charge in [-0.2, -0.15) is 0 Å². The molecule has 162 valence electrons. The second-order valence-electron chi connectivity index (χ2n) is 6.51. The zero-order valence-corrected chi connectivity index (χ0v) is 18.4. The minimum Gasteiger partial charge on any atom is -0.486 e. The van der Waals surface area contributed by atoms with Crippen molar-refractivity contribution in [2.75, 3.05) is 11.1 Å². The highest BCUT2D eigenvalue weighted by molar-refractivity contribution is 7.99. The quantitative estimate of drug-likeness (QED) is 0.284. The first-order valence-electron chi connectivity index (χ1n) is 9.35. The number of nitrogens with one attached hydrogen (secondary N) is 1. The lowest BCUT2D eigenvalue weighted by atomic mass is 10.2. The SMILES string of the molecule is CCn1c(COc2cccc(C)c2)nnc1SCC(=O)Nc1ccc(Cl)c([N+](=O)[O-])c1. The third-order valence-corrected chi connectivity index (χ3v) is 5.51. The second kappa shape index (κ2) is 10.3. The molecule has 0 radical (unpaired) electrons. The molecule has 31 heavy (non-hydrogen) atoms. The van der Waals surface area contributed by atoms with Gasteiger partial charge in [-0.05, 0) is 43.7 Å². The summed E-state index contributed by atoms with van der Waals surface area (Å²) < 4.78 is 7.67. The minimum absolute atomic E-state index is 0.00818. The summed E-state index contributed by atoms with van der Waals surface area (Å²) in [5.41, 5.74) is 1.13. The molecule has 1 heterocycles. The monoisotopic (exact) mass is 461 g/mol. The highest BCUT2D eigenvalue weighted by Gasteiger charge is 2.16. The molecule has 1 N–H and O–H groups in total. The third kappa shape index (κ3) is 5.96. The lowest BCUT2D eigenvalue weighted by Crippen LogP contribution is -2.15. The lowest BCUT2D eigenvalue weighted by Gasteiger charge is -2.09. The van der Waals surface area contributed by atoms with Gasteiger partial charge in [0.1, 0.15) is 17.4 Å². The molecule has 1 amide bonds. The van der Waals surface area contributed by atoms with E-state index in [9.17, 15) is 14.9 Å². The van der Waals surface area contributed by atoms with Crippen LogP contribution in [0.15, 0.2) is 47.6 Å². The van der Waals surface area contributed by atoms with Gasteiger partial charge in [-0.1, -0.05) is 35.5 Å². The summed E-state index contributed by atoms with van der Waals surface area (Å²) in [7, 11) is 0. The fourth-order valence-electron chi connectivity index (χ4n) is 2.76. The third-order valence-electron chi connectivity index (χ3n) is 4.23. The molecule has 0 aliphatic carbocycles. The number of nitro benzene ring substituents is 1. The number of anilines is 1. The highest BCUT2D eigenvalue weighted by atomic mass is 35.5. The maximum Gasteiger partial charge on any atom is 0.289 e. The number of carbonyl (C=O) groups excluding carboxylic acids is 1. The van der Waals surface area contributed by atoms with Crippen molar-refractivity contribution in [2.45, 2.75) is 32.2 Å². The minimum atomic E-state index is -0.600. The Labute approximate surface area is 187 Å². The number of hydrogen-bond acceptors (Lipinski definition) is 7. The molecule has 0 atom stereocenters. The molecule has 0 saturated carbocycles. The summed E-state index contributed by atoms with van der Waals surface area (Å²) in [6.07, 6.45) is 0. The number of rotatable bonds is 9. The molecule has 0 spiro atoms. The van der Waals surface area contributed by atoms with Gasteiger partial charge in [-0.15, -0.1) is 10.2 Å². The Morgan fingerprint density at radius 3 is 2.81 bits per heavy atom. The molecule has 11 heteroatoms. The zero-order valence-electron chi connectivity index (χ0n) is 16.9. The Morgan fingerprint density at radius 2 is 2.10 bits per heavy atom. The van der Waals surface area contributed by atoms with Gasteiger partial charge >= 0.3 is 0 Å². The number of ether oxygens (including phenoxy) is 1. The van der Waals surface area contributed by atoms with E-state index < -0.39 is 4.92 Å². The van der Waals surface area contributed by atoms with Gasteiger partial charge < -0.3 is 14.6 Å². The van der Waals surface area contributed by atoms with Crippen LogP contribution in [0.3, 0.4) is 0 Å². The molecule has 0 aliphatic rings.